The Hall–Kier alpha value is -1.75. The van der Waals surface area contributed by atoms with Crippen LogP contribution in [-0.4, -0.2) is 33.8 Å². The number of allylic oxidation sites excluding steroid dienone is 1. The molecule has 0 aliphatic heterocycles. The molecule has 1 fully saturated rings. The molecule has 1 N–H and O–H groups in total. The Morgan fingerprint density at radius 2 is 1.81 bits per heavy atom. The Morgan fingerprint density at radius 3 is 2.41 bits per heavy atom. The van der Waals surface area contributed by atoms with Gasteiger partial charge < -0.3 is 9.84 Å². The van der Waals surface area contributed by atoms with Gasteiger partial charge in [0.25, 0.3) is 0 Å². The number of fused-ring (bicyclic) bond motifs is 2. The average Bonchev–Trinajstić information content (AvgIpc) is 2.97. The van der Waals surface area contributed by atoms with E-state index < -0.39 is 17.2 Å². The third-order valence-electron chi connectivity index (χ3n) is 6.85. The van der Waals surface area contributed by atoms with E-state index in [1.165, 1.54) is 19.1 Å². The van der Waals surface area contributed by atoms with Gasteiger partial charge in [-0.15, -0.1) is 0 Å². The highest BCUT2D eigenvalue weighted by Gasteiger charge is 2.60. The molecule has 0 aromatic rings. The van der Waals surface area contributed by atoms with Crippen LogP contribution in [-0.2, 0) is 19.1 Å². The fourth-order valence-electron chi connectivity index (χ4n) is 5.15. The van der Waals surface area contributed by atoms with E-state index in [-0.39, 0.29) is 28.5 Å². The minimum absolute atomic E-state index is 0.0758. The summed E-state index contributed by atoms with van der Waals surface area (Å²) in [6.45, 7) is 10.7. The Morgan fingerprint density at radius 1 is 1.19 bits per heavy atom. The summed E-state index contributed by atoms with van der Waals surface area (Å²) in [5, 5.41) is 10.9. The number of ketones is 2. The smallest absolute Gasteiger partial charge is 0.304 e. The van der Waals surface area contributed by atoms with Crippen LogP contribution >= 0.6 is 0 Å². The molecule has 5 heteroatoms. The van der Waals surface area contributed by atoms with Crippen molar-refractivity contribution in [1.29, 1.82) is 0 Å². The summed E-state index contributed by atoms with van der Waals surface area (Å²) in [5.74, 6) is -0.798. The first-order valence-electron chi connectivity index (χ1n) is 9.75. The SMILES string of the molecule is CC(=O)O[C@@]12C=C(C)C(=O)/C1=C\[C@@](C)(O)CC[C@H]1[C@@H](C[C@@H](C)C2=O)C1(C)C. The third kappa shape index (κ3) is 3.20. The van der Waals surface area contributed by atoms with E-state index in [4.69, 9.17) is 4.74 Å². The molecule has 1 saturated carbocycles. The second-order valence-electron chi connectivity index (χ2n) is 9.47. The second-order valence-corrected chi connectivity index (χ2v) is 9.47. The summed E-state index contributed by atoms with van der Waals surface area (Å²) in [6, 6.07) is 0. The van der Waals surface area contributed by atoms with Crippen molar-refractivity contribution < 1.29 is 24.2 Å². The second kappa shape index (κ2) is 6.13. The molecule has 0 amide bonds. The highest BCUT2D eigenvalue weighted by molar-refractivity contribution is 6.20. The minimum Gasteiger partial charge on any atom is -0.442 e. The van der Waals surface area contributed by atoms with E-state index in [9.17, 15) is 19.5 Å². The molecule has 0 aromatic carbocycles. The summed E-state index contributed by atoms with van der Waals surface area (Å²) in [7, 11) is 0. The minimum atomic E-state index is -1.73. The lowest BCUT2D eigenvalue weighted by Crippen LogP contribution is -2.46. The molecule has 0 unspecified atom stereocenters. The molecule has 27 heavy (non-hydrogen) atoms. The van der Waals surface area contributed by atoms with E-state index in [0.717, 1.165) is 6.42 Å². The molecule has 0 aromatic heterocycles. The molecule has 3 aliphatic carbocycles. The van der Waals surface area contributed by atoms with E-state index in [1.807, 2.05) is 6.92 Å². The Kier molecular flexibility index (Phi) is 4.54. The number of ether oxygens (including phenoxy) is 1. The topological polar surface area (TPSA) is 80.7 Å². The number of esters is 1. The fraction of sp³-hybridized carbons (Fsp3) is 0.682. The quantitative estimate of drug-likeness (QED) is 0.713. The Bertz CT molecular complexity index is 770. The van der Waals surface area contributed by atoms with Gasteiger partial charge in [0.2, 0.25) is 5.60 Å². The van der Waals surface area contributed by atoms with Crippen LogP contribution in [0.4, 0.5) is 0 Å². The predicted octanol–water partition coefficient (Wildman–Crippen LogP) is 3.16. The third-order valence-corrected chi connectivity index (χ3v) is 6.85. The molecule has 0 saturated heterocycles. The van der Waals surface area contributed by atoms with Gasteiger partial charge in [0.15, 0.2) is 11.6 Å². The van der Waals surface area contributed by atoms with Crippen LogP contribution in [0.3, 0.4) is 0 Å². The van der Waals surface area contributed by atoms with E-state index in [2.05, 4.69) is 13.8 Å². The number of Topliss-reactive ketones (excluding diaryl/α,β-unsaturated/α-hetero) is 2. The number of hydrogen-bond acceptors (Lipinski definition) is 5. The van der Waals surface area contributed by atoms with Crippen LogP contribution in [0.15, 0.2) is 23.3 Å². The summed E-state index contributed by atoms with van der Waals surface area (Å²) in [4.78, 5) is 38.2. The summed E-state index contributed by atoms with van der Waals surface area (Å²) in [5.41, 5.74) is -2.42. The van der Waals surface area contributed by atoms with Crippen molar-refractivity contribution in [2.75, 3.05) is 0 Å². The van der Waals surface area contributed by atoms with E-state index >= 15 is 0 Å². The zero-order chi connectivity index (χ0) is 20.4. The van der Waals surface area contributed by atoms with Crippen LogP contribution in [0.25, 0.3) is 0 Å². The van der Waals surface area contributed by atoms with E-state index in [0.29, 0.717) is 30.3 Å². The number of carbonyl (C=O) groups is 3. The predicted molar refractivity (Wildman–Crippen MR) is 101 cm³/mol. The molecule has 3 rings (SSSR count). The van der Waals surface area contributed by atoms with Crippen LogP contribution in [0.2, 0.25) is 0 Å². The molecule has 0 spiro atoms. The van der Waals surface area contributed by atoms with Gasteiger partial charge in [-0.3, -0.25) is 14.4 Å². The largest absolute Gasteiger partial charge is 0.442 e. The van der Waals surface area contributed by atoms with Crippen molar-refractivity contribution >= 4 is 17.5 Å². The zero-order valence-electron chi connectivity index (χ0n) is 17.1. The first-order chi connectivity index (χ1) is 12.3. The van der Waals surface area contributed by atoms with Gasteiger partial charge in [-0.1, -0.05) is 20.8 Å². The van der Waals surface area contributed by atoms with Gasteiger partial charge in [0.05, 0.1) is 11.2 Å². The van der Waals surface area contributed by atoms with Gasteiger partial charge in [-0.2, -0.15) is 0 Å². The number of carbonyl (C=O) groups excluding carboxylic acids is 3. The number of hydrogen-bond donors (Lipinski definition) is 1. The highest BCUT2D eigenvalue weighted by atomic mass is 16.6. The lowest BCUT2D eigenvalue weighted by Gasteiger charge is -2.31. The number of aliphatic hydroxyl groups is 1. The van der Waals surface area contributed by atoms with Crippen molar-refractivity contribution in [2.24, 2.45) is 23.2 Å². The zero-order valence-corrected chi connectivity index (χ0v) is 17.1. The van der Waals surface area contributed by atoms with Gasteiger partial charge in [0, 0.05) is 12.8 Å². The van der Waals surface area contributed by atoms with Crippen molar-refractivity contribution in [3.63, 3.8) is 0 Å². The highest BCUT2D eigenvalue weighted by Crippen LogP contribution is 2.63. The molecular weight excluding hydrogens is 344 g/mol. The molecule has 5 nitrogen and oxygen atoms in total. The van der Waals surface area contributed by atoms with Crippen molar-refractivity contribution in [3.05, 3.63) is 23.3 Å². The monoisotopic (exact) mass is 374 g/mol. The summed E-state index contributed by atoms with van der Waals surface area (Å²) < 4.78 is 5.53. The average molecular weight is 374 g/mol. The molecule has 3 aliphatic rings. The molecule has 5 atom stereocenters. The molecule has 148 valence electrons. The maximum atomic E-state index is 13.5. The van der Waals surface area contributed by atoms with Gasteiger partial charge in [-0.05, 0) is 68.1 Å². The van der Waals surface area contributed by atoms with Gasteiger partial charge >= 0.3 is 5.97 Å². The van der Waals surface area contributed by atoms with Crippen molar-refractivity contribution in [1.82, 2.24) is 0 Å². The normalized spacial score (nSPS) is 42.9. The maximum Gasteiger partial charge on any atom is 0.304 e. The molecule has 0 radical (unpaired) electrons. The lowest BCUT2D eigenvalue weighted by atomic mass is 9.80. The van der Waals surface area contributed by atoms with Crippen molar-refractivity contribution in [2.45, 2.75) is 72.0 Å². The molecule has 0 heterocycles. The fourth-order valence-corrected chi connectivity index (χ4v) is 5.15. The first kappa shape index (κ1) is 20.0. The maximum absolute atomic E-state index is 13.5. The first-order valence-corrected chi connectivity index (χ1v) is 9.75. The summed E-state index contributed by atoms with van der Waals surface area (Å²) in [6.07, 6.45) is 4.93. The Labute approximate surface area is 160 Å². The molecular formula is C22H30O5. The standard InChI is InChI=1S/C22H30O5/c1-12-9-16-15(20(16,4)5)7-8-21(6,26)11-17-18(24)13(2)10-22(17,19(12)25)27-14(3)23/h10-12,15-16,26H,7-9H2,1-6H3/b17-11+/t12-,15+,16-,21+,22+/m1/s1. The Balaban J connectivity index is 2.15. The number of rotatable bonds is 1. The van der Waals surface area contributed by atoms with E-state index in [1.54, 1.807) is 13.8 Å². The van der Waals surface area contributed by atoms with Gasteiger partial charge in [0.1, 0.15) is 0 Å². The van der Waals surface area contributed by atoms with Crippen LogP contribution in [0.1, 0.15) is 60.8 Å². The van der Waals surface area contributed by atoms with Gasteiger partial charge in [-0.25, -0.2) is 0 Å². The lowest BCUT2D eigenvalue weighted by molar-refractivity contribution is -0.158. The van der Waals surface area contributed by atoms with Crippen LogP contribution < -0.4 is 0 Å². The van der Waals surface area contributed by atoms with Crippen LogP contribution in [0.5, 0.6) is 0 Å². The summed E-state index contributed by atoms with van der Waals surface area (Å²) >= 11 is 0. The van der Waals surface area contributed by atoms with Crippen molar-refractivity contribution in [3.8, 4) is 0 Å². The van der Waals surface area contributed by atoms with Crippen LogP contribution in [0, 0.1) is 23.2 Å². The molecule has 0 bridgehead atoms.